The van der Waals surface area contributed by atoms with Crippen LogP contribution in [0.3, 0.4) is 0 Å². The van der Waals surface area contributed by atoms with Gasteiger partial charge in [0.1, 0.15) is 0 Å². The molecule has 0 aliphatic carbocycles. The van der Waals surface area contributed by atoms with Crippen LogP contribution in [0.4, 0.5) is 0 Å². The molecule has 0 bridgehead atoms. The topological polar surface area (TPSA) is 32.3 Å². The predicted octanol–water partition coefficient (Wildman–Crippen LogP) is 2.83. The van der Waals surface area contributed by atoms with Gasteiger partial charge >= 0.3 is 0 Å². The molecule has 1 heterocycles. The van der Waals surface area contributed by atoms with E-state index >= 15 is 0 Å². The summed E-state index contributed by atoms with van der Waals surface area (Å²) in [6.45, 7) is 1.68. The number of rotatable bonds is 4. The average Bonchev–Trinajstić information content (AvgIpc) is 2.41. The lowest BCUT2D eigenvalue weighted by Crippen LogP contribution is -2.40. The van der Waals surface area contributed by atoms with Gasteiger partial charge in [0.2, 0.25) is 5.91 Å². The summed E-state index contributed by atoms with van der Waals surface area (Å²) in [6, 6.07) is 7.97. The van der Waals surface area contributed by atoms with Crippen LogP contribution in [-0.4, -0.2) is 30.4 Å². The van der Waals surface area contributed by atoms with Crippen LogP contribution in [0.15, 0.2) is 24.3 Å². The van der Waals surface area contributed by atoms with E-state index in [0.717, 1.165) is 23.6 Å². The third-order valence-corrected chi connectivity index (χ3v) is 4.00. The Labute approximate surface area is 119 Å². The molecule has 1 fully saturated rings. The fraction of sp³-hybridized carbons (Fsp3) is 0.533. The van der Waals surface area contributed by atoms with Crippen LogP contribution < -0.4 is 5.32 Å². The van der Waals surface area contributed by atoms with Gasteiger partial charge in [-0.15, -0.1) is 0 Å². The van der Waals surface area contributed by atoms with Gasteiger partial charge in [-0.3, -0.25) is 4.79 Å². The molecule has 0 spiro atoms. The highest BCUT2D eigenvalue weighted by atomic mass is 35.5. The highest BCUT2D eigenvalue weighted by Crippen LogP contribution is 2.17. The van der Waals surface area contributed by atoms with Crippen LogP contribution in [0.25, 0.3) is 0 Å². The third kappa shape index (κ3) is 4.51. The van der Waals surface area contributed by atoms with E-state index in [1.54, 1.807) is 0 Å². The second-order valence-corrected chi connectivity index (χ2v) is 5.67. The Kier molecular flexibility index (Phi) is 5.23. The van der Waals surface area contributed by atoms with Gasteiger partial charge in [0, 0.05) is 24.0 Å². The van der Waals surface area contributed by atoms with E-state index in [9.17, 15) is 4.79 Å². The van der Waals surface area contributed by atoms with E-state index in [2.05, 4.69) is 17.3 Å². The van der Waals surface area contributed by atoms with Gasteiger partial charge in [0.05, 0.1) is 0 Å². The predicted molar refractivity (Wildman–Crippen MR) is 78.2 cm³/mol. The molecule has 1 amide bonds. The summed E-state index contributed by atoms with van der Waals surface area (Å²) in [4.78, 5) is 14.2. The summed E-state index contributed by atoms with van der Waals surface area (Å²) in [5.41, 5.74) is 1.08. The first-order valence-electron chi connectivity index (χ1n) is 6.86. The van der Waals surface area contributed by atoms with Crippen molar-refractivity contribution in [3.05, 3.63) is 34.9 Å². The fourth-order valence-corrected chi connectivity index (χ4v) is 2.62. The Morgan fingerprint density at radius 2 is 2.11 bits per heavy atom. The minimum atomic E-state index is 0.133. The first-order chi connectivity index (χ1) is 9.15. The minimum Gasteiger partial charge on any atom is -0.352 e. The van der Waals surface area contributed by atoms with Crippen molar-refractivity contribution in [3.63, 3.8) is 0 Å². The standard InChI is InChI=1S/C15H21ClN2O/c1-18-9-3-2-4-14(18)10-15(19)17-11-12-5-7-13(16)8-6-12/h5-8,14H,2-4,9-11H2,1H3,(H,17,19). The minimum absolute atomic E-state index is 0.133. The number of carbonyl (C=O) groups is 1. The number of piperidine rings is 1. The summed E-state index contributed by atoms with van der Waals surface area (Å²) in [5.74, 6) is 0.133. The molecule has 0 radical (unpaired) electrons. The van der Waals surface area contributed by atoms with E-state index in [-0.39, 0.29) is 5.91 Å². The molecular formula is C15H21ClN2O. The van der Waals surface area contributed by atoms with Gasteiger partial charge < -0.3 is 10.2 Å². The molecule has 1 aliphatic heterocycles. The number of hydrogen-bond donors (Lipinski definition) is 1. The quantitative estimate of drug-likeness (QED) is 0.920. The smallest absolute Gasteiger partial charge is 0.221 e. The van der Waals surface area contributed by atoms with Crippen LogP contribution in [0.2, 0.25) is 5.02 Å². The number of halogens is 1. The fourth-order valence-electron chi connectivity index (χ4n) is 2.49. The molecule has 0 saturated carbocycles. The lowest BCUT2D eigenvalue weighted by molar-refractivity contribution is -0.122. The highest BCUT2D eigenvalue weighted by Gasteiger charge is 2.21. The summed E-state index contributed by atoms with van der Waals surface area (Å²) >= 11 is 5.83. The molecule has 1 atom stereocenters. The normalized spacial score (nSPS) is 20.2. The Morgan fingerprint density at radius 3 is 2.79 bits per heavy atom. The Hall–Kier alpha value is -1.06. The number of nitrogens with one attached hydrogen (secondary N) is 1. The lowest BCUT2D eigenvalue weighted by atomic mass is 10.00. The van der Waals surface area contributed by atoms with Gasteiger partial charge in [-0.1, -0.05) is 30.2 Å². The zero-order valence-corrected chi connectivity index (χ0v) is 12.1. The summed E-state index contributed by atoms with van der Waals surface area (Å²) in [5, 5.41) is 3.70. The molecule has 104 valence electrons. The highest BCUT2D eigenvalue weighted by molar-refractivity contribution is 6.30. The number of carbonyl (C=O) groups excluding carboxylic acids is 1. The van der Waals surface area contributed by atoms with Gasteiger partial charge in [0.25, 0.3) is 0 Å². The zero-order valence-electron chi connectivity index (χ0n) is 11.4. The second kappa shape index (κ2) is 6.92. The molecule has 1 aliphatic rings. The van der Waals surface area contributed by atoms with E-state index in [4.69, 9.17) is 11.6 Å². The molecule has 19 heavy (non-hydrogen) atoms. The first kappa shape index (κ1) is 14.4. The van der Waals surface area contributed by atoms with Crippen molar-refractivity contribution in [1.29, 1.82) is 0 Å². The van der Waals surface area contributed by atoms with E-state index in [1.165, 1.54) is 12.8 Å². The molecule has 2 rings (SSSR count). The molecule has 1 aromatic carbocycles. The van der Waals surface area contributed by atoms with Crippen molar-refractivity contribution in [2.45, 2.75) is 38.3 Å². The SMILES string of the molecule is CN1CCCCC1CC(=O)NCc1ccc(Cl)cc1. The molecular weight excluding hydrogens is 260 g/mol. The Morgan fingerprint density at radius 1 is 1.37 bits per heavy atom. The largest absolute Gasteiger partial charge is 0.352 e. The number of hydrogen-bond acceptors (Lipinski definition) is 2. The Bertz CT molecular complexity index is 419. The van der Waals surface area contributed by atoms with E-state index in [0.29, 0.717) is 19.0 Å². The number of benzene rings is 1. The zero-order chi connectivity index (χ0) is 13.7. The van der Waals surface area contributed by atoms with Crippen molar-refractivity contribution in [3.8, 4) is 0 Å². The van der Waals surface area contributed by atoms with E-state index < -0.39 is 0 Å². The molecule has 1 aromatic rings. The monoisotopic (exact) mass is 280 g/mol. The molecule has 1 N–H and O–H groups in total. The Balaban J connectivity index is 1.76. The summed E-state index contributed by atoms with van der Waals surface area (Å²) < 4.78 is 0. The first-order valence-corrected chi connectivity index (χ1v) is 7.24. The number of nitrogens with zero attached hydrogens (tertiary/aromatic N) is 1. The van der Waals surface area contributed by atoms with Gasteiger partial charge in [-0.2, -0.15) is 0 Å². The molecule has 3 nitrogen and oxygen atoms in total. The summed E-state index contributed by atoms with van der Waals surface area (Å²) in [6.07, 6.45) is 4.22. The average molecular weight is 281 g/mol. The van der Waals surface area contributed by atoms with Crippen LogP contribution >= 0.6 is 11.6 Å². The maximum Gasteiger partial charge on any atom is 0.221 e. The number of amides is 1. The molecule has 1 saturated heterocycles. The van der Waals surface area contributed by atoms with E-state index in [1.807, 2.05) is 24.3 Å². The third-order valence-electron chi connectivity index (χ3n) is 3.75. The van der Waals surface area contributed by atoms with Crippen molar-refractivity contribution in [2.24, 2.45) is 0 Å². The van der Waals surface area contributed by atoms with Crippen molar-refractivity contribution in [1.82, 2.24) is 10.2 Å². The van der Waals surface area contributed by atoms with Crippen LogP contribution in [-0.2, 0) is 11.3 Å². The maximum absolute atomic E-state index is 11.9. The summed E-state index contributed by atoms with van der Waals surface area (Å²) in [7, 11) is 2.11. The second-order valence-electron chi connectivity index (χ2n) is 5.24. The van der Waals surface area contributed by atoms with Gasteiger partial charge in [-0.25, -0.2) is 0 Å². The van der Waals surface area contributed by atoms with Crippen molar-refractivity contribution in [2.75, 3.05) is 13.6 Å². The van der Waals surface area contributed by atoms with Gasteiger partial charge in [-0.05, 0) is 44.1 Å². The number of likely N-dealkylation sites (tertiary alicyclic amines) is 1. The lowest BCUT2D eigenvalue weighted by Gasteiger charge is -2.31. The van der Waals surface area contributed by atoms with Crippen LogP contribution in [0.5, 0.6) is 0 Å². The van der Waals surface area contributed by atoms with Crippen molar-refractivity contribution < 1.29 is 4.79 Å². The molecule has 4 heteroatoms. The maximum atomic E-state index is 11.9. The van der Waals surface area contributed by atoms with Crippen LogP contribution in [0.1, 0.15) is 31.2 Å². The van der Waals surface area contributed by atoms with Crippen LogP contribution in [0, 0.1) is 0 Å². The van der Waals surface area contributed by atoms with Crippen molar-refractivity contribution >= 4 is 17.5 Å². The molecule has 1 unspecified atom stereocenters. The van der Waals surface area contributed by atoms with Gasteiger partial charge in [0.15, 0.2) is 0 Å². The molecule has 0 aromatic heterocycles.